The fourth-order valence-corrected chi connectivity index (χ4v) is 3.16. The van der Waals surface area contributed by atoms with Crippen molar-refractivity contribution >= 4 is 11.9 Å². The van der Waals surface area contributed by atoms with E-state index in [1.165, 1.54) is 30.4 Å². The number of hydrogen-bond acceptors (Lipinski definition) is 2. The van der Waals surface area contributed by atoms with Crippen molar-refractivity contribution in [2.24, 2.45) is 4.99 Å². The predicted octanol–water partition coefficient (Wildman–Crippen LogP) is 2.36. The van der Waals surface area contributed by atoms with Gasteiger partial charge in [-0.2, -0.15) is 0 Å². The van der Waals surface area contributed by atoms with E-state index in [-0.39, 0.29) is 12.5 Å². The summed E-state index contributed by atoms with van der Waals surface area (Å²) in [6.07, 6.45) is 6.95. The van der Waals surface area contributed by atoms with Gasteiger partial charge < -0.3 is 16.0 Å². The van der Waals surface area contributed by atoms with Gasteiger partial charge in [0.15, 0.2) is 5.96 Å². The second-order valence-electron chi connectivity index (χ2n) is 6.30. The molecule has 5 heteroatoms. The number of nitrogens with one attached hydrogen (secondary N) is 3. The molecule has 24 heavy (non-hydrogen) atoms. The van der Waals surface area contributed by atoms with Gasteiger partial charge in [0, 0.05) is 19.6 Å². The number of aryl methyl sites for hydroxylation is 1. The lowest BCUT2D eigenvalue weighted by molar-refractivity contribution is -0.120. The molecule has 0 aromatic heterocycles. The number of amides is 1. The number of nitrogens with zero attached hydrogens (tertiary/aromatic N) is 1. The summed E-state index contributed by atoms with van der Waals surface area (Å²) in [5.41, 5.74) is 2.59. The van der Waals surface area contributed by atoms with E-state index in [0.717, 1.165) is 19.3 Å². The Labute approximate surface area is 145 Å². The van der Waals surface area contributed by atoms with Crippen LogP contribution in [0, 0.1) is 0 Å². The molecular formula is C19H30N4O. The molecule has 1 amide bonds. The van der Waals surface area contributed by atoms with Crippen LogP contribution in [0.2, 0.25) is 0 Å². The Morgan fingerprint density at radius 2 is 1.83 bits per heavy atom. The van der Waals surface area contributed by atoms with Crippen LogP contribution in [0.5, 0.6) is 0 Å². The third-order valence-electron chi connectivity index (χ3n) is 4.56. The molecule has 0 atom stereocenters. The Morgan fingerprint density at radius 3 is 2.50 bits per heavy atom. The van der Waals surface area contributed by atoms with Gasteiger partial charge in [-0.05, 0) is 30.4 Å². The highest BCUT2D eigenvalue weighted by molar-refractivity contribution is 5.86. The minimum absolute atomic E-state index is 0.0406. The second kappa shape index (κ2) is 9.96. The monoisotopic (exact) mass is 330 g/mol. The molecule has 0 unspecified atom stereocenters. The standard InChI is InChI=1S/C19H30N4O/c1-3-15-9-7-8-10-16(15)13-21-19(20-2)22-14-18(24)23-17-11-5-4-6-12-17/h7-10,17H,3-6,11-14H2,1-2H3,(H,23,24)(H2,20,21,22). The van der Waals surface area contributed by atoms with Gasteiger partial charge in [0.2, 0.25) is 5.91 Å². The van der Waals surface area contributed by atoms with Crippen LogP contribution in [-0.2, 0) is 17.8 Å². The molecule has 3 N–H and O–H groups in total. The van der Waals surface area contributed by atoms with E-state index in [9.17, 15) is 4.79 Å². The average molecular weight is 330 g/mol. The molecule has 0 heterocycles. The molecule has 1 aromatic carbocycles. The number of benzene rings is 1. The lowest BCUT2D eigenvalue weighted by Crippen LogP contribution is -2.45. The predicted molar refractivity (Wildman–Crippen MR) is 99.0 cm³/mol. The van der Waals surface area contributed by atoms with E-state index in [1.807, 2.05) is 6.07 Å². The molecule has 1 aliphatic carbocycles. The molecule has 0 aliphatic heterocycles. The summed E-state index contributed by atoms with van der Waals surface area (Å²) in [7, 11) is 1.72. The SMILES string of the molecule is CCc1ccccc1CNC(=NC)NCC(=O)NC1CCCCC1. The molecule has 1 aliphatic rings. The Hall–Kier alpha value is -2.04. The second-order valence-corrected chi connectivity index (χ2v) is 6.30. The lowest BCUT2D eigenvalue weighted by atomic mass is 9.95. The van der Waals surface area contributed by atoms with E-state index in [0.29, 0.717) is 18.5 Å². The summed E-state index contributed by atoms with van der Waals surface area (Å²) in [4.78, 5) is 16.2. The van der Waals surface area contributed by atoms with Crippen molar-refractivity contribution in [1.29, 1.82) is 0 Å². The van der Waals surface area contributed by atoms with Crippen LogP contribution in [-0.4, -0.2) is 31.5 Å². The molecule has 2 rings (SSSR count). The van der Waals surface area contributed by atoms with E-state index in [1.54, 1.807) is 7.05 Å². The molecular weight excluding hydrogens is 300 g/mol. The van der Waals surface area contributed by atoms with Gasteiger partial charge in [-0.25, -0.2) is 0 Å². The zero-order valence-electron chi connectivity index (χ0n) is 14.9. The molecule has 0 saturated heterocycles. The number of carbonyl (C=O) groups excluding carboxylic acids is 1. The van der Waals surface area contributed by atoms with Gasteiger partial charge in [-0.15, -0.1) is 0 Å². The fraction of sp³-hybridized carbons (Fsp3) is 0.579. The van der Waals surface area contributed by atoms with Gasteiger partial charge in [0.1, 0.15) is 0 Å². The third kappa shape index (κ3) is 5.87. The largest absolute Gasteiger partial charge is 0.352 e. The van der Waals surface area contributed by atoms with Crippen LogP contribution in [0.25, 0.3) is 0 Å². The van der Waals surface area contributed by atoms with Crippen LogP contribution >= 0.6 is 0 Å². The van der Waals surface area contributed by atoms with Gasteiger partial charge in [-0.3, -0.25) is 9.79 Å². The van der Waals surface area contributed by atoms with Crippen molar-refractivity contribution < 1.29 is 4.79 Å². The summed E-state index contributed by atoms with van der Waals surface area (Å²) in [6.45, 7) is 3.11. The third-order valence-corrected chi connectivity index (χ3v) is 4.56. The smallest absolute Gasteiger partial charge is 0.239 e. The summed E-state index contributed by atoms with van der Waals surface area (Å²) in [6, 6.07) is 8.72. The number of hydrogen-bond donors (Lipinski definition) is 3. The highest BCUT2D eigenvalue weighted by Crippen LogP contribution is 2.17. The number of rotatable bonds is 6. The highest BCUT2D eigenvalue weighted by atomic mass is 16.2. The molecule has 1 aromatic rings. The van der Waals surface area contributed by atoms with E-state index in [4.69, 9.17) is 0 Å². The molecule has 0 spiro atoms. The van der Waals surface area contributed by atoms with Crippen molar-refractivity contribution in [1.82, 2.24) is 16.0 Å². The van der Waals surface area contributed by atoms with E-state index < -0.39 is 0 Å². The first-order valence-electron chi connectivity index (χ1n) is 9.03. The number of carbonyl (C=O) groups is 1. The molecule has 5 nitrogen and oxygen atoms in total. The van der Waals surface area contributed by atoms with Crippen LogP contribution in [0.3, 0.4) is 0 Å². The topological polar surface area (TPSA) is 65.5 Å². The van der Waals surface area contributed by atoms with Crippen LogP contribution in [0.1, 0.15) is 50.2 Å². The summed E-state index contributed by atoms with van der Waals surface area (Å²) in [5, 5.41) is 9.48. The van der Waals surface area contributed by atoms with Crippen LogP contribution in [0.15, 0.2) is 29.3 Å². The van der Waals surface area contributed by atoms with Crippen LogP contribution < -0.4 is 16.0 Å². The van der Waals surface area contributed by atoms with E-state index in [2.05, 4.69) is 46.1 Å². The Morgan fingerprint density at radius 1 is 1.12 bits per heavy atom. The van der Waals surface area contributed by atoms with Gasteiger partial charge in [0.05, 0.1) is 6.54 Å². The van der Waals surface area contributed by atoms with Gasteiger partial charge >= 0.3 is 0 Å². The summed E-state index contributed by atoms with van der Waals surface area (Å²) >= 11 is 0. The molecule has 0 bridgehead atoms. The Kier molecular flexibility index (Phi) is 7.59. The minimum atomic E-state index is 0.0406. The Bertz CT molecular complexity index is 550. The lowest BCUT2D eigenvalue weighted by Gasteiger charge is -2.23. The van der Waals surface area contributed by atoms with Crippen molar-refractivity contribution in [3.05, 3.63) is 35.4 Å². The number of aliphatic imine (C=N–C) groups is 1. The maximum Gasteiger partial charge on any atom is 0.239 e. The number of guanidine groups is 1. The van der Waals surface area contributed by atoms with Crippen LogP contribution in [0.4, 0.5) is 0 Å². The van der Waals surface area contributed by atoms with Crippen molar-refractivity contribution in [2.75, 3.05) is 13.6 Å². The maximum atomic E-state index is 12.0. The first-order chi connectivity index (χ1) is 11.7. The summed E-state index contributed by atoms with van der Waals surface area (Å²) < 4.78 is 0. The normalized spacial score (nSPS) is 15.8. The van der Waals surface area contributed by atoms with E-state index >= 15 is 0 Å². The Balaban J connectivity index is 1.74. The summed E-state index contributed by atoms with van der Waals surface area (Å²) in [5.74, 6) is 0.693. The molecule has 1 saturated carbocycles. The highest BCUT2D eigenvalue weighted by Gasteiger charge is 2.15. The van der Waals surface area contributed by atoms with Gasteiger partial charge in [-0.1, -0.05) is 50.5 Å². The molecule has 1 fully saturated rings. The molecule has 132 valence electrons. The first-order valence-corrected chi connectivity index (χ1v) is 9.03. The van der Waals surface area contributed by atoms with Crippen molar-refractivity contribution in [3.8, 4) is 0 Å². The zero-order chi connectivity index (χ0) is 17.2. The first kappa shape index (κ1) is 18.3. The minimum Gasteiger partial charge on any atom is -0.352 e. The van der Waals surface area contributed by atoms with Crippen molar-refractivity contribution in [3.63, 3.8) is 0 Å². The molecule has 0 radical (unpaired) electrons. The van der Waals surface area contributed by atoms with Gasteiger partial charge in [0.25, 0.3) is 0 Å². The maximum absolute atomic E-state index is 12.0. The zero-order valence-corrected chi connectivity index (χ0v) is 14.9. The average Bonchev–Trinajstić information content (AvgIpc) is 2.63. The quantitative estimate of drug-likeness (QED) is 0.554. The van der Waals surface area contributed by atoms with Crippen molar-refractivity contribution in [2.45, 2.75) is 58.0 Å². The fourth-order valence-electron chi connectivity index (χ4n) is 3.16.